The van der Waals surface area contributed by atoms with Crippen molar-refractivity contribution in [2.45, 2.75) is 58.3 Å². The van der Waals surface area contributed by atoms with Gasteiger partial charge >= 0.3 is 0 Å². The summed E-state index contributed by atoms with van der Waals surface area (Å²) in [7, 11) is 0. The highest BCUT2D eigenvalue weighted by molar-refractivity contribution is 5.91. The van der Waals surface area contributed by atoms with E-state index in [1.165, 1.54) is 12.8 Å². The summed E-state index contributed by atoms with van der Waals surface area (Å²) in [6.07, 6.45) is 3.66. The van der Waals surface area contributed by atoms with Gasteiger partial charge < -0.3 is 9.84 Å². The van der Waals surface area contributed by atoms with Crippen molar-refractivity contribution in [1.29, 1.82) is 0 Å². The fourth-order valence-corrected chi connectivity index (χ4v) is 3.63. The number of nitrogens with one attached hydrogen (secondary N) is 1. The van der Waals surface area contributed by atoms with Crippen LogP contribution in [0.2, 0.25) is 0 Å². The fourth-order valence-electron chi connectivity index (χ4n) is 3.63. The van der Waals surface area contributed by atoms with Crippen LogP contribution in [0.5, 0.6) is 0 Å². The Morgan fingerprint density at radius 1 is 1.33 bits per heavy atom. The first-order valence-electron chi connectivity index (χ1n) is 8.89. The number of para-hydroxylation sites is 1. The minimum atomic E-state index is 0.0225. The van der Waals surface area contributed by atoms with Crippen molar-refractivity contribution in [2.75, 3.05) is 5.32 Å². The zero-order chi connectivity index (χ0) is 17.1. The van der Waals surface area contributed by atoms with Crippen LogP contribution in [0, 0.1) is 12.8 Å². The van der Waals surface area contributed by atoms with E-state index < -0.39 is 0 Å². The van der Waals surface area contributed by atoms with E-state index in [-0.39, 0.29) is 11.8 Å². The van der Waals surface area contributed by atoms with Crippen LogP contribution in [0.1, 0.15) is 68.4 Å². The number of rotatable bonds is 6. The van der Waals surface area contributed by atoms with E-state index in [4.69, 9.17) is 4.52 Å². The molecule has 1 heterocycles. The van der Waals surface area contributed by atoms with E-state index in [1.807, 2.05) is 30.3 Å². The molecule has 0 spiro atoms. The third-order valence-corrected chi connectivity index (χ3v) is 5.11. The molecule has 4 heteroatoms. The minimum Gasteiger partial charge on any atom is -0.361 e. The molecule has 0 bridgehead atoms. The predicted molar refractivity (Wildman–Crippen MR) is 95.1 cm³/mol. The maximum atomic E-state index is 12.3. The van der Waals surface area contributed by atoms with Gasteiger partial charge in [0, 0.05) is 29.5 Å². The molecule has 3 rings (SSSR count). The first kappa shape index (κ1) is 16.7. The summed E-state index contributed by atoms with van der Waals surface area (Å²) in [6.45, 7) is 6.45. The van der Waals surface area contributed by atoms with Crippen molar-refractivity contribution in [3.05, 3.63) is 47.3 Å². The average molecular weight is 326 g/mol. The molecule has 0 saturated heterocycles. The van der Waals surface area contributed by atoms with E-state index in [1.54, 1.807) is 0 Å². The zero-order valence-electron chi connectivity index (χ0n) is 14.7. The van der Waals surface area contributed by atoms with Crippen molar-refractivity contribution in [2.24, 2.45) is 5.92 Å². The molecular weight excluding hydrogens is 300 g/mol. The molecule has 1 atom stereocenters. The van der Waals surface area contributed by atoms with Crippen molar-refractivity contribution < 1.29 is 9.32 Å². The Morgan fingerprint density at radius 3 is 2.67 bits per heavy atom. The number of hydrogen-bond donors (Lipinski definition) is 1. The van der Waals surface area contributed by atoms with Crippen molar-refractivity contribution in [3.8, 4) is 0 Å². The summed E-state index contributed by atoms with van der Waals surface area (Å²) >= 11 is 0. The number of amides is 1. The summed E-state index contributed by atoms with van der Waals surface area (Å²) < 4.78 is 5.65. The number of carbonyl (C=O) groups is 1. The summed E-state index contributed by atoms with van der Waals surface area (Å²) in [4.78, 5) is 12.3. The van der Waals surface area contributed by atoms with Crippen LogP contribution in [-0.4, -0.2) is 11.1 Å². The summed E-state index contributed by atoms with van der Waals surface area (Å²) in [5.41, 5.74) is 2.93. The third-order valence-electron chi connectivity index (χ3n) is 5.11. The van der Waals surface area contributed by atoms with Crippen LogP contribution in [0.4, 0.5) is 5.69 Å². The van der Waals surface area contributed by atoms with Gasteiger partial charge in [0.05, 0.1) is 5.69 Å². The lowest BCUT2D eigenvalue weighted by molar-refractivity contribution is -0.116. The molecule has 0 unspecified atom stereocenters. The molecule has 1 aromatic carbocycles. The Kier molecular flexibility index (Phi) is 5.03. The van der Waals surface area contributed by atoms with E-state index in [0.717, 1.165) is 35.0 Å². The second-order valence-electron chi connectivity index (χ2n) is 7.05. The lowest BCUT2D eigenvalue weighted by Crippen LogP contribution is -2.19. The standard InChI is InChI=1S/C20H26N2O2/c1-4-15(12-18(23)21-17-8-6-5-7-9-17)19-14(3)20(24-22-19)16-10-13(2)11-16/h5-9,13,15-16H,4,10-12H2,1-3H3,(H,21,23)/t13-,15-,16+/m0/s1. The van der Waals surface area contributed by atoms with Crippen LogP contribution >= 0.6 is 0 Å². The van der Waals surface area contributed by atoms with Gasteiger partial charge in [-0.2, -0.15) is 0 Å². The Hall–Kier alpha value is -2.10. The molecule has 1 fully saturated rings. The fraction of sp³-hybridized carbons (Fsp3) is 0.500. The quantitative estimate of drug-likeness (QED) is 0.811. The summed E-state index contributed by atoms with van der Waals surface area (Å²) in [5.74, 6) is 2.45. The van der Waals surface area contributed by atoms with Gasteiger partial charge in [-0.1, -0.05) is 37.2 Å². The molecule has 1 aromatic heterocycles. The van der Waals surface area contributed by atoms with Gasteiger partial charge in [0.1, 0.15) is 5.76 Å². The largest absolute Gasteiger partial charge is 0.361 e. The number of carbonyl (C=O) groups excluding carboxylic acids is 1. The van der Waals surface area contributed by atoms with Gasteiger partial charge in [-0.3, -0.25) is 4.79 Å². The molecule has 0 aliphatic heterocycles. The Labute approximate surface area is 143 Å². The van der Waals surface area contributed by atoms with Gasteiger partial charge in [-0.25, -0.2) is 0 Å². The first-order valence-corrected chi connectivity index (χ1v) is 8.89. The number of nitrogens with zero attached hydrogens (tertiary/aromatic N) is 1. The number of aromatic nitrogens is 1. The highest BCUT2D eigenvalue weighted by atomic mass is 16.5. The molecule has 2 aromatic rings. The van der Waals surface area contributed by atoms with Crippen LogP contribution in [0.3, 0.4) is 0 Å². The molecule has 4 nitrogen and oxygen atoms in total. The van der Waals surface area contributed by atoms with Gasteiger partial charge in [0.2, 0.25) is 5.91 Å². The van der Waals surface area contributed by atoms with Gasteiger partial charge in [-0.15, -0.1) is 0 Å². The summed E-state index contributed by atoms with van der Waals surface area (Å²) in [6, 6.07) is 9.57. The molecule has 1 N–H and O–H groups in total. The second kappa shape index (κ2) is 7.20. The topological polar surface area (TPSA) is 55.1 Å². The zero-order valence-corrected chi connectivity index (χ0v) is 14.7. The maximum absolute atomic E-state index is 12.3. The average Bonchev–Trinajstić information content (AvgIpc) is 2.92. The highest BCUT2D eigenvalue weighted by Gasteiger charge is 2.33. The molecule has 128 valence electrons. The molecular formula is C20H26N2O2. The lowest BCUT2D eigenvalue weighted by Gasteiger charge is -2.30. The Morgan fingerprint density at radius 2 is 2.04 bits per heavy atom. The molecule has 1 saturated carbocycles. The van der Waals surface area contributed by atoms with Crippen molar-refractivity contribution in [1.82, 2.24) is 5.16 Å². The molecule has 1 aliphatic rings. The monoisotopic (exact) mass is 326 g/mol. The van der Waals surface area contributed by atoms with E-state index in [2.05, 4.69) is 31.2 Å². The summed E-state index contributed by atoms with van der Waals surface area (Å²) in [5, 5.41) is 7.28. The normalized spacial score (nSPS) is 21.1. The molecule has 0 radical (unpaired) electrons. The van der Waals surface area contributed by atoms with Crippen LogP contribution in [0.25, 0.3) is 0 Å². The molecule has 1 aliphatic carbocycles. The van der Waals surface area contributed by atoms with Gasteiger partial charge in [0.15, 0.2) is 0 Å². The molecule has 1 amide bonds. The maximum Gasteiger partial charge on any atom is 0.225 e. The van der Waals surface area contributed by atoms with E-state index in [0.29, 0.717) is 12.3 Å². The SMILES string of the molecule is CC[C@@H](CC(=O)Nc1ccccc1)c1noc([C@H]2C[C@@H](C)C2)c1C. The third kappa shape index (κ3) is 3.53. The lowest BCUT2D eigenvalue weighted by atomic mass is 9.73. The van der Waals surface area contributed by atoms with E-state index >= 15 is 0 Å². The van der Waals surface area contributed by atoms with Crippen molar-refractivity contribution in [3.63, 3.8) is 0 Å². The van der Waals surface area contributed by atoms with Gasteiger partial charge in [-0.05, 0) is 44.2 Å². The smallest absolute Gasteiger partial charge is 0.225 e. The minimum absolute atomic E-state index is 0.0225. The van der Waals surface area contributed by atoms with Crippen molar-refractivity contribution >= 4 is 11.6 Å². The van der Waals surface area contributed by atoms with E-state index in [9.17, 15) is 4.79 Å². The predicted octanol–water partition coefficient (Wildman–Crippen LogP) is 5.02. The number of hydrogen-bond acceptors (Lipinski definition) is 3. The van der Waals surface area contributed by atoms with Gasteiger partial charge in [0.25, 0.3) is 0 Å². The first-order chi connectivity index (χ1) is 11.6. The second-order valence-corrected chi connectivity index (χ2v) is 7.05. The van der Waals surface area contributed by atoms with Crippen LogP contribution < -0.4 is 5.32 Å². The van der Waals surface area contributed by atoms with Crippen LogP contribution in [-0.2, 0) is 4.79 Å². The number of benzene rings is 1. The highest BCUT2D eigenvalue weighted by Crippen LogP contribution is 2.43. The Balaban J connectivity index is 1.67. The molecule has 24 heavy (non-hydrogen) atoms. The number of anilines is 1. The van der Waals surface area contributed by atoms with Crippen LogP contribution in [0.15, 0.2) is 34.9 Å². The Bertz CT molecular complexity index is 687.